The Kier molecular flexibility index (Phi) is 5.74. The summed E-state index contributed by atoms with van der Waals surface area (Å²) in [4.78, 5) is 44.2. The van der Waals surface area contributed by atoms with Gasteiger partial charge < -0.3 is 19.2 Å². The number of carbonyl (C=O) groups is 2. The number of fused-ring (bicyclic) bond motifs is 1. The topological polar surface area (TPSA) is 108 Å². The van der Waals surface area contributed by atoms with Crippen LogP contribution >= 0.6 is 11.3 Å². The Bertz CT molecular complexity index is 1080. The Hall–Kier alpha value is -3.20. The molecule has 28 heavy (non-hydrogen) atoms. The molecule has 0 bridgehead atoms. The summed E-state index contributed by atoms with van der Waals surface area (Å²) in [7, 11) is 1.53. The lowest BCUT2D eigenvalue weighted by molar-refractivity contribution is 0.0461. The van der Waals surface area contributed by atoms with E-state index in [1.807, 2.05) is 0 Å². The van der Waals surface area contributed by atoms with Crippen molar-refractivity contribution < 1.29 is 23.8 Å². The van der Waals surface area contributed by atoms with E-state index in [-0.39, 0.29) is 19.0 Å². The third kappa shape index (κ3) is 3.89. The third-order valence-electron chi connectivity index (χ3n) is 3.98. The number of nitrogens with one attached hydrogen (secondary N) is 1. The monoisotopic (exact) mass is 402 g/mol. The largest absolute Gasteiger partial charge is 0.497 e. The van der Waals surface area contributed by atoms with E-state index < -0.39 is 17.5 Å². The molecule has 0 unspecified atom stereocenters. The molecule has 0 aliphatic heterocycles. The molecule has 0 amide bonds. The van der Waals surface area contributed by atoms with Crippen LogP contribution in [-0.4, -0.2) is 35.6 Å². The molecule has 0 saturated heterocycles. The van der Waals surface area contributed by atoms with E-state index in [1.165, 1.54) is 7.11 Å². The molecular weight excluding hydrogens is 384 g/mol. The van der Waals surface area contributed by atoms with Gasteiger partial charge in [-0.2, -0.15) is 0 Å². The second kappa shape index (κ2) is 8.22. The highest BCUT2D eigenvalue weighted by Gasteiger charge is 2.20. The predicted octanol–water partition coefficient (Wildman–Crippen LogP) is 2.84. The van der Waals surface area contributed by atoms with E-state index in [9.17, 15) is 14.4 Å². The Balaban J connectivity index is 1.80. The minimum Gasteiger partial charge on any atom is -0.497 e. The fourth-order valence-corrected chi connectivity index (χ4v) is 3.69. The minimum atomic E-state index is -0.556. The van der Waals surface area contributed by atoms with E-state index >= 15 is 0 Å². The second-order valence-electron chi connectivity index (χ2n) is 5.77. The summed E-state index contributed by atoms with van der Waals surface area (Å²) in [5.74, 6) is -0.232. The van der Waals surface area contributed by atoms with Crippen LogP contribution in [0.5, 0.6) is 5.75 Å². The van der Waals surface area contributed by atoms with Gasteiger partial charge in [0.2, 0.25) is 0 Å². The zero-order valence-electron chi connectivity index (χ0n) is 15.5. The summed E-state index contributed by atoms with van der Waals surface area (Å²) in [5, 5.41) is 0.332. The lowest BCUT2D eigenvalue weighted by atomic mass is 10.2. The number of benzene rings is 1. The minimum absolute atomic E-state index is 0.191. The molecule has 0 spiro atoms. The highest BCUT2D eigenvalue weighted by molar-refractivity contribution is 7.20. The highest BCUT2D eigenvalue weighted by Crippen LogP contribution is 2.27. The van der Waals surface area contributed by atoms with Gasteiger partial charge >= 0.3 is 11.9 Å². The summed E-state index contributed by atoms with van der Waals surface area (Å²) >= 11 is 1.07. The molecule has 1 aromatic carbocycles. The number of aromatic amines is 1. The third-order valence-corrected chi connectivity index (χ3v) is 5.14. The van der Waals surface area contributed by atoms with Crippen LogP contribution in [0.3, 0.4) is 0 Å². The maximum absolute atomic E-state index is 12.4. The Morgan fingerprint density at radius 1 is 1.14 bits per heavy atom. The van der Waals surface area contributed by atoms with Gasteiger partial charge in [-0.25, -0.2) is 14.6 Å². The van der Waals surface area contributed by atoms with Crippen molar-refractivity contribution in [1.82, 2.24) is 9.97 Å². The van der Waals surface area contributed by atoms with Crippen molar-refractivity contribution >= 4 is 33.5 Å². The van der Waals surface area contributed by atoms with Crippen LogP contribution < -0.4 is 10.3 Å². The summed E-state index contributed by atoms with van der Waals surface area (Å²) in [6, 6.07) is 6.45. The average molecular weight is 402 g/mol. The van der Waals surface area contributed by atoms with Crippen LogP contribution in [0.2, 0.25) is 0 Å². The molecule has 0 saturated carbocycles. The molecule has 3 aromatic rings. The molecule has 0 aliphatic rings. The molecule has 0 fully saturated rings. The van der Waals surface area contributed by atoms with Crippen molar-refractivity contribution in [3.8, 4) is 5.75 Å². The summed E-state index contributed by atoms with van der Waals surface area (Å²) in [6.07, 6.45) is 0. The van der Waals surface area contributed by atoms with Crippen LogP contribution in [0.1, 0.15) is 38.3 Å². The summed E-state index contributed by atoms with van der Waals surface area (Å²) < 4.78 is 15.3. The van der Waals surface area contributed by atoms with Crippen molar-refractivity contribution in [1.29, 1.82) is 0 Å². The van der Waals surface area contributed by atoms with E-state index in [1.54, 1.807) is 38.1 Å². The number of hydrogen-bond donors (Lipinski definition) is 1. The van der Waals surface area contributed by atoms with Gasteiger partial charge in [0.05, 0.1) is 24.7 Å². The number of hydrogen-bond acceptors (Lipinski definition) is 8. The normalized spacial score (nSPS) is 10.7. The number of thiophene rings is 1. The number of H-pyrrole nitrogens is 1. The molecule has 2 heterocycles. The van der Waals surface area contributed by atoms with Crippen molar-refractivity contribution in [3.05, 3.63) is 56.4 Å². The van der Waals surface area contributed by atoms with E-state index in [0.29, 0.717) is 32.0 Å². The Morgan fingerprint density at radius 3 is 2.50 bits per heavy atom. The number of carbonyl (C=O) groups excluding carboxylic acids is 2. The molecule has 8 nitrogen and oxygen atoms in total. The molecule has 0 aliphatic carbocycles. The van der Waals surface area contributed by atoms with E-state index in [0.717, 1.165) is 11.3 Å². The first-order valence-electron chi connectivity index (χ1n) is 8.45. The number of rotatable bonds is 6. The van der Waals surface area contributed by atoms with Gasteiger partial charge in [-0.15, -0.1) is 11.3 Å². The number of esters is 2. The summed E-state index contributed by atoms with van der Waals surface area (Å²) in [5.41, 5.74) is 0.472. The molecular formula is C19H18N2O6S. The standard InChI is InChI=1S/C19H18N2O6S/c1-4-26-19(24)15-10(2)14-16(22)20-13(21-17(14)28-15)9-27-18(23)11-5-7-12(25-3)8-6-11/h5-8H,4,9H2,1-3H3,(H,20,21,22). The first kappa shape index (κ1) is 19.6. The van der Waals surface area contributed by atoms with Gasteiger partial charge in [0.1, 0.15) is 27.9 Å². The number of ether oxygens (including phenoxy) is 3. The first-order valence-corrected chi connectivity index (χ1v) is 9.26. The lowest BCUT2D eigenvalue weighted by Crippen LogP contribution is -2.14. The SMILES string of the molecule is CCOC(=O)c1sc2nc(COC(=O)c3ccc(OC)cc3)[nH]c(=O)c2c1C. The maximum atomic E-state index is 12.4. The van der Waals surface area contributed by atoms with Crippen LogP contribution in [0, 0.1) is 6.92 Å². The Labute approximate surface area is 164 Å². The molecule has 1 N–H and O–H groups in total. The van der Waals surface area contributed by atoms with Gasteiger partial charge in [-0.1, -0.05) is 0 Å². The van der Waals surface area contributed by atoms with E-state index in [4.69, 9.17) is 14.2 Å². The zero-order chi connectivity index (χ0) is 20.3. The number of nitrogens with zero attached hydrogens (tertiary/aromatic N) is 1. The maximum Gasteiger partial charge on any atom is 0.348 e. The lowest BCUT2D eigenvalue weighted by Gasteiger charge is -2.05. The van der Waals surface area contributed by atoms with Crippen molar-refractivity contribution in [2.75, 3.05) is 13.7 Å². The van der Waals surface area contributed by atoms with Crippen LogP contribution in [0.4, 0.5) is 0 Å². The van der Waals surface area contributed by atoms with Gasteiger partial charge in [-0.3, -0.25) is 4.79 Å². The highest BCUT2D eigenvalue weighted by atomic mass is 32.1. The summed E-state index contributed by atoms with van der Waals surface area (Å²) in [6.45, 7) is 3.41. The zero-order valence-corrected chi connectivity index (χ0v) is 16.3. The van der Waals surface area contributed by atoms with Gasteiger partial charge in [0.15, 0.2) is 0 Å². The predicted molar refractivity (Wildman–Crippen MR) is 103 cm³/mol. The second-order valence-corrected chi connectivity index (χ2v) is 6.77. The van der Waals surface area contributed by atoms with E-state index in [2.05, 4.69) is 9.97 Å². The number of aryl methyl sites for hydroxylation is 1. The van der Waals surface area contributed by atoms with Crippen LogP contribution in [0.25, 0.3) is 10.2 Å². The molecule has 2 aromatic heterocycles. The Morgan fingerprint density at radius 2 is 1.86 bits per heavy atom. The van der Waals surface area contributed by atoms with Crippen molar-refractivity contribution in [2.24, 2.45) is 0 Å². The van der Waals surface area contributed by atoms with Crippen LogP contribution in [0.15, 0.2) is 29.1 Å². The number of methoxy groups -OCH3 is 1. The first-order chi connectivity index (χ1) is 13.4. The van der Waals surface area contributed by atoms with Gasteiger partial charge in [0, 0.05) is 0 Å². The molecule has 0 atom stereocenters. The van der Waals surface area contributed by atoms with Gasteiger partial charge in [0.25, 0.3) is 5.56 Å². The van der Waals surface area contributed by atoms with Crippen LogP contribution in [-0.2, 0) is 16.1 Å². The molecule has 3 rings (SSSR count). The fourth-order valence-electron chi connectivity index (χ4n) is 2.59. The fraction of sp³-hybridized carbons (Fsp3) is 0.263. The number of aromatic nitrogens is 2. The quantitative estimate of drug-likeness (QED) is 0.632. The smallest absolute Gasteiger partial charge is 0.348 e. The van der Waals surface area contributed by atoms with Crippen molar-refractivity contribution in [3.63, 3.8) is 0 Å². The van der Waals surface area contributed by atoms with Crippen molar-refractivity contribution in [2.45, 2.75) is 20.5 Å². The molecule has 0 radical (unpaired) electrons. The molecule has 146 valence electrons. The van der Waals surface area contributed by atoms with Gasteiger partial charge in [-0.05, 0) is 43.7 Å². The molecule has 9 heteroatoms. The average Bonchev–Trinajstić information content (AvgIpc) is 3.03.